The number of carbonyl (C=O) groups excluding carboxylic acids is 1. The smallest absolute Gasteiger partial charge is 0.228 e. The van der Waals surface area contributed by atoms with Crippen molar-refractivity contribution in [1.82, 2.24) is 4.98 Å². The highest BCUT2D eigenvalue weighted by atomic mass is 35.5. The van der Waals surface area contributed by atoms with Gasteiger partial charge in [-0.3, -0.25) is 4.79 Å². The van der Waals surface area contributed by atoms with Gasteiger partial charge < -0.3 is 10.6 Å². The molecule has 1 atom stereocenters. The summed E-state index contributed by atoms with van der Waals surface area (Å²) in [4.78, 5) is 17.2. The topological polar surface area (TPSA) is 59.2 Å². The predicted octanol–water partition coefficient (Wildman–Crippen LogP) is 1.11. The highest BCUT2D eigenvalue weighted by Gasteiger charge is 2.29. The molecule has 1 aromatic rings. The minimum absolute atomic E-state index is 0.0109. The fourth-order valence-electron chi connectivity index (χ4n) is 1.69. The maximum Gasteiger partial charge on any atom is 0.228 e. The van der Waals surface area contributed by atoms with Crippen molar-refractivity contribution in [3.8, 4) is 0 Å². The fraction of sp³-hybridized carbons (Fsp3) is 0.400. The number of amides is 1. The van der Waals surface area contributed by atoms with Gasteiger partial charge in [-0.1, -0.05) is 11.6 Å². The SMILES string of the molecule is Cc1cnc(Cl)c(N2CC(N)CC2=O)c1. The number of carbonyl (C=O) groups is 1. The lowest BCUT2D eigenvalue weighted by molar-refractivity contribution is -0.117. The first-order valence-electron chi connectivity index (χ1n) is 4.76. The molecule has 4 nitrogen and oxygen atoms in total. The van der Waals surface area contributed by atoms with Crippen LogP contribution in [0, 0.1) is 6.92 Å². The maximum absolute atomic E-state index is 11.6. The summed E-state index contributed by atoms with van der Waals surface area (Å²) in [6.45, 7) is 2.43. The van der Waals surface area contributed by atoms with E-state index in [1.54, 1.807) is 11.1 Å². The van der Waals surface area contributed by atoms with Gasteiger partial charge in [0, 0.05) is 25.2 Å². The predicted molar refractivity (Wildman–Crippen MR) is 58.9 cm³/mol. The highest BCUT2D eigenvalue weighted by Crippen LogP contribution is 2.27. The lowest BCUT2D eigenvalue weighted by Crippen LogP contribution is -2.28. The number of aryl methyl sites for hydroxylation is 1. The third-order valence-electron chi connectivity index (χ3n) is 2.40. The van der Waals surface area contributed by atoms with Crippen LogP contribution in [0.15, 0.2) is 12.3 Å². The molecule has 0 radical (unpaired) electrons. The number of anilines is 1. The molecule has 1 aliphatic heterocycles. The summed E-state index contributed by atoms with van der Waals surface area (Å²) in [7, 11) is 0. The van der Waals surface area contributed by atoms with Crippen LogP contribution in [0.2, 0.25) is 5.15 Å². The third-order valence-corrected chi connectivity index (χ3v) is 2.69. The lowest BCUT2D eigenvalue weighted by Gasteiger charge is -2.17. The summed E-state index contributed by atoms with van der Waals surface area (Å²) >= 11 is 5.94. The molecular weight excluding hydrogens is 214 g/mol. The van der Waals surface area contributed by atoms with E-state index in [9.17, 15) is 4.79 Å². The first kappa shape index (κ1) is 10.4. The lowest BCUT2D eigenvalue weighted by atomic mass is 10.3. The molecule has 1 amide bonds. The summed E-state index contributed by atoms with van der Waals surface area (Å²) in [5.74, 6) is 0.0109. The van der Waals surface area contributed by atoms with Gasteiger partial charge >= 0.3 is 0 Å². The number of rotatable bonds is 1. The quantitative estimate of drug-likeness (QED) is 0.729. The molecule has 1 aromatic heterocycles. The maximum atomic E-state index is 11.6. The molecule has 0 saturated carbocycles. The van der Waals surface area contributed by atoms with Gasteiger partial charge in [0.25, 0.3) is 0 Å². The molecule has 0 aliphatic carbocycles. The van der Waals surface area contributed by atoms with Crippen molar-refractivity contribution in [2.45, 2.75) is 19.4 Å². The molecule has 0 spiro atoms. The molecule has 1 fully saturated rings. The highest BCUT2D eigenvalue weighted by molar-refractivity contribution is 6.32. The van der Waals surface area contributed by atoms with Gasteiger partial charge in [-0.2, -0.15) is 0 Å². The Morgan fingerprint density at radius 3 is 3.00 bits per heavy atom. The van der Waals surface area contributed by atoms with Crippen molar-refractivity contribution in [3.05, 3.63) is 23.0 Å². The van der Waals surface area contributed by atoms with Crippen molar-refractivity contribution in [2.75, 3.05) is 11.4 Å². The van der Waals surface area contributed by atoms with Crippen LogP contribution >= 0.6 is 11.6 Å². The first-order chi connectivity index (χ1) is 7.08. The molecule has 0 aromatic carbocycles. The van der Waals surface area contributed by atoms with Crippen LogP contribution in [-0.4, -0.2) is 23.5 Å². The summed E-state index contributed by atoms with van der Waals surface area (Å²) in [5.41, 5.74) is 7.35. The van der Waals surface area contributed by atoms with Gasteiger partial charge in [0.05, 0.1) is 5.69 Å². The average Bonchev–Trinajstić information content (AvgIpc) is 2.50. The standard InChI is InChI=1S/C10H12ClN3O/c1-6-2-8(10(11)13-4-6)14-5-7(12)3-9(14)15/h2,4,7H,3,5,12H2,1H3. The van der Waals surface area contributed by atoms with Crippen LogP contribution < -0.4 is 10.6 Å². The molecule has 2 N–H and O–H groups in total. The Morgan fingerprint density at radius 1 is 1.67 bits per heavy atom. The molecule has 1 aliphatic rings. The minimum Gasteiger partial charge on any atom is -0.326 e. The van der Waals surface area contributed by atoms with Crippen LogP contribution in [0.5, 0.6) is 0 Å². The molecule has 1 saturated heterocycles. The van der Waals surface area contributed by atoms with E-state index in [0.717, 1.165) is 5.56 Å². The summed E-state index contributed by atoms with van der Waals surface area (Å²) in [5, 5.41) is 0.350. The zero-order valence-electron chi connectivity index (χ0n) is 8.40. The minimum atomic E-state index is -0.103. The van der Waals surface area contributed by atoms with E-state index < -0.39 is 0 Å². The van der Waals surface area contributed by atoms with Crippen LogP contribution in [-0.2, 0) is 4.79 Å². The fourth-order valence-corrected chi connectivity index (χ4v) is 1.90. The van der Waals surface area contributed by atoms with Crippen LogP contribution in [0.3, 0.4) is 0 Å². The van der Waals surface area contributed by atoms with Crippen molar-refractivity contribution in [1.29, 1.82) is 0 Å². The summed E-state index contributed by atoms with van der Waals surface area (Å²) in [6, 6.07) is 1.75. The zero-order chi connectivity index (χ0) is 11.0. The Kier molecular flexibility index (Phi) is 2.63. The van der Waals surface area contributed by atoms with Crippen LogP contribution in [0.1, 0.15) is 12.0 Å². The van der Waals surface area contributed by atoms with E-state index in [-0.39, 0.29) is 11.9 Å². The second-order valence-electron chi connectivity index (χ2n) is 3.79. The molecule has 1 unspecified atom stereocenters. The summed E-state index contributed by atoms with van der Waals surface area (Å²) < 4.78 is 0. The van der Waals surface area contributed by atoms with E-state index >= 15 is 0 Å². The monoisotopic (exact) mass is 225 g/mol. The number of hydrogen-bond donors (Lipinski definition) is 1. The summed E-state index contributed by atoms with van der Waals surface area (Å²) in [6.07, 6.45) is 2.05. The Balaban J connectivity index is 2.37. The normalized spacial score (nSPS) is 21.1. The van der Waals surface area contributed by atoms with Crippen molar-refractivity contribution in [3.63, 3.8) is 0 Å². The van der Waals surface area contributed by atoms with Gasteiger partial charge in [0.2, 0.25) is 5.91 Å². The number of nitrogens with two attached hydrogens (primary N) is 1. The molecule has 2 rings (SSSR count). The first-order valence-corrected chi connectivity index (χ1v) is 5.14. The van der Waals surface area contributed by atoms with Crippen molar-refractivity contribution >= 4 is 23.2 Å². The van der Waals surface area contributed by atoms with E-state index in [1.807, 2.05) is 13.0 Å². The molecule has 80 valence electrons. The Bertz CT molecular complexity index is 408. The van der Waals surface area contributed by atoms with E-state index in [2.05, 4.69) is 4.98 Å². The number of aromatic nitrogens is 1. The van der Waals surface area contributed by atoms with E-state index in [0.29, 0.717) is 23.8 Å². The van der Waals surface area contributed by atoms with Crippen LogP contribution in [0.4, 0.5) is 5.69 Å². The third kappa shape index (κ3) is 1.96. The number of nitrogens with zero attached hydrogens (tertiary/aromatic N) is 2. The van der Waals surface area contributed by atoms with Crippen LogP contribution in [0.25, 0.3) is 0 Å². The van der Waals surface area contributed by atoms with Gasteiger partial charge in [-0.05, 0) is 18.6 Å². The second-order valence-corrected chi connectivity index (χ2v) is 4.15. The number of pyridine rings is 1. The van der Waals surface area contributed by atoms with Gasteiger partial charge in [-0.25, -0.2) is 4.98 Å². The van der Waals surface area contributed by atoms with Crippen molar-refractivity contribution in [2.24, 2.45) is 5.73 Å². The molecule has 2 heterocycles. The number of halogens is 1. The van der Waals surface area contributed by atoms with Gasteiger partial charge in [0.1, 0.15) is 0 Å². The Labute approximate surface area is 93.0 Å². The van der Waals surface area contributed by atoms with Crippen molar-refractivity contribution < 1.29 is 4.79 Å². The Hall–Kier alpha value is -1.13. The van der Waals surface area contributed by atoms with Gasteiger partial charge in [0.15, 0.2) is 5.15 Å². The average molecular weight is 226 g/mol. The van der Waals surface area contributed by atoms with E-state index in [1.165, 1.54) is 0 Å². The van der Waals surface area contributed by atoms with E-state index in [4.69, 9.17) is 17.3 Å². The second kappa shape index (κ2) is 3.79. The number of hydrogen-bond acceptors (Lipinski definition) is 3. The molecule has 5 heteroatoms. The zero-order valence-corrected chi connectivity index (χ0v) is 9.16. The largest absolute Gasteiger partial charge is 0.326 e. The Morgan fingerprint density at radius 2 is 2.40 bits per heavy atom. The van der Waals surface area contributed by atoms with Gasteiger partial charge in [-0.15, -0.1) is 0 Å². The molecular formula is C10H12ClN3O. The molecule has 15 heavy (non-hydrogen) atoms. The molecule has 0 bridgehead atoms.